The van der Waals surface area contributed by atoms with Crippen molar-refractivity contribution in [1.82, 2.24) is 5.32 Å². The van der Waals surface area contributed by atoms with Gasteiger partial charge in [0.15, 0.2) is 0 Å². The van der Waals surface area contributed by atoms with Gasteiger partial charge in [0.05, 0.1) is 0 Å². The smallest absolute Gasteiger partial charge is 0.323 e. The Morgan fingerprint density at radius 2 is 1.58 bits per heavy atom. The van der Waals surface area contributed by atoms with E-state index in [9.17, 15) is 24.3 Å². The summed E-state index contributed by atoms with van der Waals surface area (Å²) >= 11 is 1.42. The Hall–Kier alpha value is -3.37. The number of aliphatic carboxylic acids is 2. The Balaban J connectivity index is 2.15. The summed E-state index contributed by atoms with van der Waals surface area (Å²) in [5, 5.41) is 20.8. The van der Waals surface area contributed by atoms with Crippen LogP contribution in [0.5, 0.6) is 0 Å². The van der Waals surface area contributed by atoms with Crippen LogP contribution in [0.3, 0.4) is 0 Å². The van der Waals surface area contributed by atoms with Crippen LogP contribution >= 0.6 is 11.8 Å². The summed E-state index contributed by atoms with van der Waals surface area (Å²) in [7, 11) is 0. The molecule has 0 spiro atoms. The third-order valence-electron chi connectivity index (χ3n) is 4.66. The molecule has 0 aromatic heterocycles. The number of benzene rings is 2. The number of nitrogens with zero attached hydrogens (tertiary/aromatic N) is 1. The molecule has 0 saturated carbocycles. The van der Waals surface area contributed by atoms with E-state index in [4.69, 9.17) is 10.8 Å². The van der Waals surface area contributed by atoms with Crippen molar-refractivity contribution in [3.05, 3.63) is 66.2 Å². The SMILES string of the molecule is N[C@@H](CCC(=O)N[C@@H](CSCc1ccccc1)C(=O)N(CC(=O)O)c1ccccc1)C(=O)O. The highest BCUT2D eigenvalue weighted by molar-refractivity contribution is 7.98. The van der Waals surface area contributed by atoms with Gasteiger partial charge in [-0.3, -0.25) is 24.1 Å². The molecule has 2 amide bonds. The lowest BCUT2D eigenvalue weighted by atomic mass is 10.1. The van der Waals surface area contributed by atoms with E-state index in [1.54, 1.807) is 30.3 Å². The van der Waals surface area contributed by atoms with Crippen molar-refractivity contribution in [3.63, 3.8) is 0 Å². The summed E-state index contributed by atoms with van der Waals surface area (Å²) in [6.07, 6.45) is -0.262. The van der Waals surface area contributed by atoms with Gasteiger partial charge in [0, 0.05) is 23.6 Å². The average Bonchev–Trinajstić information content (AvgIpc) is 2.81. The number of nitrogens with two attached hydrogens (primary N) is 1. The van der Waals surface area contributed by atoms with Crippen molar-refractivity contribution in [2.45, 2.75) is 30.7 Å². The first-order valence-corrected chi connectivity index (χ1v) is 11.4. The molecule has 2 aromatic carbocycles. The molecule has 0 radical (unpaired) electrons. The molecular formula is C23H27N3O6S. The Morgan fingerprint density at radius 3 is 2.15 bits per heavy atom. The lowest BCUT2D eigenvalue weighted by molar-refractivity contribution is -0.139. The third kappa shape index (κ3) is 8.95. The Kier molecular flexibility index (Phi) is 10.4. The van der Waals surface area contributed by atoms with Crippen LogP contribution in [0, 0.1) is 0 Å². The summed E-state index contributed by atoms with van der Waals surface area (Å²) < 4.78 is 0. The summed E-state index contributed by atoms with van der Waals surface area (Å²) in [6.45, 7) is -0.567. The molecular weight excluding hydrogens is 446 g/mol. The van der Waals surface area contributed by atoms with Crippen LogP contribution in [0.4, 0.5) is 5.69 Å². The number of rotatable bonds is 13. The zero-order chi connectivity index (χ0) is 24.2. The van der Waals surface area contributed by atoms with Crippen molar-refractivity contribution in [2.24, 2.45) is 5.73 Å². The largest absolute Gasteiger partial charge is 0.480 e. The maximum Gasteiger partial charge on any atom is 0.323 e. The highest BCUT2D eigenvalue weighted by Gasteiger charge is 2.28. The molecule has 0 aliphatic carbocycles. The van der Waals surface area contributed by atoms with Crippen molar-refractivity contribution in [1.29, 1.82) is 0 Å². The number of nitrogens with one attached hydrogen (secondary N) is 1. The predicted octanol–water partition coefficient (Wildman–Crippen LogP) is 1.71. The van der Waals surface area contributed by atoms with Crippen molar-refractivity contribution >= 4 is 41.2 Å². The van der Waals surface area contributed by atoms with Gasteiger partial charge < -0.3 is 21.3 Å². The number of carbonyl (C=O) groups excluding carboxylic acids is 2. The molecule has 33 heavy (non-hydrogen) atoms. The second kappa shape index (κ2) is 13.2. The van der Waals surface area contributed by atoms with Gasteiger partial charge in [-0.2, -0.15) is 11.8 Å². The third-order valence-corrected chi connectivity index (χ3v) is 5.76. The number of carbonyl (C=O) groups is 4. The van der Waals surface area contributed by atoms with Gasteiger partial charge in [-0.25, -0.2) is 0 Å². The van der Waals surface area contributed by atoms with Crippen molar-refractivity contribution in [3.8, 4) is 0 Å². The Morgan fingerprint density at radius 1 is 0.970 bits per heavy atom. The number of carboxylic acid groups (broad SMARTS) is 2. The molecule has 0 unspecified atom stereocenters. The highest BCUT2D eigenvalue weighted by Crippen LogP contribution is 2.18. The van der Waals surface area contributed by atoms with Crippen LogP contribution in [0.2, 0.25) is 0 Å². The van der Waals surface area contributed by atoms with Gasteiger partial charge in [0.2, 0.25) is 5.91 Å². The lowest BCUT2D eigenvalue weighted by Crippen LogP contribution is -2.51. The second-order valence-corrected chi connectivity index (χ2v) is 8.29. The molecule has 0 bridgehead atoms. The Bertz CT molecular complexity index is 942. The van der Waals surface area contributed by atoms with Crippen LogP contribution in [-0.4, -0.2) is 58.3 Å². The summed E-state index contributed by atoms with van der Waals surface area (Å²) in [6, 6.07) is 15.7. The van der Waals surface area contributed by atoms with E-state index in [1.807, 2.05) is 30.3 Å². The van der Waals surface area contributed by atoms with Gasteiger partial charge in [-0.1, -0.05) is 48.5 Å². The second-order valence-electron chi connectivity index (χ2n) is 7.26. The molecule has 9 nitrogen and oxygen atoms in total. The van der Waals surface area contributed by atoms with E-state index in [0.29, 0.717) is 11.4 Å². The minimum Gasteiger partial charge on any atom is -0.480 e. The summed E-state index contributed by atoms with van der Waals surface area (Å²) in [4.78, 5) is 49.2. The number of thioether (sulfide) groups is 1. The number of carboxylic acids is 2. The number of amides is 2. The number of para-hydroxylation sites is 1. The zero-order valence-electron chi connectivity index (χ0n) is 17.9. The van der Waals surface area contributed by atoms with E-state index >= 15 is 0 Å². The van der Waals surface area contributed by atoms with E-state index < -0.39 is 42.4 Å². The summed E-state index contributed by atoms with van der Waals surface area (Å²) in [5.41, 5.74) is 6.89. The van der Waals surface area contributed by atoms with Gasteiger partial charge in [-0.05, 0) is 24.1 Å². The van der Waals surface area contributed by atoms with Crippen molar-refractivity contribution < 1.29 is 29.4 Å². The van der Waals surface area contributed by atoms with Gasteiger partial charge in [0.25, 0.3) is 5.91 Å². The highest BCUT2D eigenvalue weighted by atomic mass is 32.2. The van der Waals surface area contributed by atoms with E-state index in [1.165, 1.54) is 11.8 Å². The maximum absolute atomic E-state index is 13.3. The number of anilines is 1. The molecule has 0 heterocycles. The van der Waals surface area contributed by atoms with Crippen LogP contribution in [0.15, 0.2) is 60.7 Å². The first-order valence-electron chi connectivity index (χ1n) is 10.3. The fourth-order valence-corrected chi connectivity index (χ4v) is 3.96. The molecule has 0 fully saturated rings. The number of hydrogen-bond donors (Lipinski definition) is 4. The fourth-order valence-electron chi connectivity index (χ4n) is 2.95. The quantitative estimate of drug-likeness (QED) is 0.343. The zero-order valence-corrected chi connectivity index (χ0v) is 18.7. The van der Waals surface area contributed by atoms with Crippen LogP contribution in [-0.2, 0) is 24.9 Å². The Labute approximate surface area is 196 Å². The minimum atomic E-state index is -1.22. The molecule has 2 atom stereocenters. The van der Waals surface area contributed by atoms with Crippen LogP contribution in [0.1, 0.15) is 18.4 Å². The molecule has 5 N–H and O–H groups in total. The van der Waals surface area contributed by atoms with Crippen LogP contribution < -0.4 is 16.0 Å². The lowest BCUT2D eigenvalue weighted by Gasteiger charge is -2.27. The molecule has 2 rings (SSSR count). The monoisotopic (exact) mass is 473 g/mol. The van der Waals surface area contributed by atoms with Crippen LogP contribution in [0.25, 0.3) is 0 Å². The molecule has 2 aromatic rings. The fraction of sp³-hybridized carbons (Fsp3) is 0.304. The predicted molar refractivity (Wildman–Crippen MR) is 126 cm³/mol. The van der Waals surface area contributed by atoms with Gasteiger partial charge in [-0.15, -0.1) is 0 Å². The minimum absolute atomic E-state index is 0.0865. The van der Waals surface area contributed by atoms with E-state index in [-0.39, 0.29) is 18.6 Å². The molecule has 0 aliphatic rings. The maximum atomic E-state index is 13.3. The number of hydrogen-bond acceptors (Lipinski definition) is 6. The first-order chi connectivity index (χ1) is 15.8. The summed E-state index contributed by atoms with van der Waals surface area (Å²) in [5.74, 6) is -2.72. The molecule has 0 saturated heterocycles. The van der Waals surface area contributed by atoms with E-state index in [2.05, 4.69) is 5.32 Å². The average molecular weight is 474 g/mol. The van der Waals surface area contributed by atoms with Crippen molar-refractivity contribution in [2.75, 3.05) is 17.2 Å². The van der Waals surface area contributed by atoms with E-state index in [0.717, 1.165) is 10.5 Å². The molecule has 176 valence electrons. The molecule has 0 aliphatic heterocycles. The standard InChI is InChI=1S/C23H27N3O6S/c24-18(23(31)32)11-12-20(27)25-19(15-33-14-16-7-3-1-4-8-16)22(30)26(13-21(28)29)17-9-5-2-6-10-17/h1-10,18-19H,11-15,24H2,(H,25,27)(H,28,29)(H,31,32)/t18-,19-/m0/s1. The topological polar surface area (TPSA) is 150 Å². The molecule has 10 heteroatoms. The first kappa shape index (κ1) is 25.9. The van der Waals surface area contributed by atoms with Gasteiger partial charge in [0.1, 0.15) is 18.6 Å². The normalized spacial score (nSPS) is 12.4. The van der Waals surface area contributed by atoms with Gasteiger partial charge >= 0.3 is 11.9 Å².